The van der Waals surface area contributed by atoms with E-state index in [0.717, 1.165) is 6.42 Å². The van der Waals surface area contributed by atoms with Gasteiger partial charge in [-0.3, -0.25) is 20.0 Å². The van der Waals surface area contributed by atoms with Crippen LogP contribution in [0.1, 0.15) is 52.5 Å². The highest BCUT2D eigenvalue weighted by Crippen LogP contribution is 2.53. The van der Waals surface area contributed by atoms with Gasteiger partial charge in [-0.25, -0.2) is 4.79 Å². The molecule has 5 rings (SSSR count). The Morgan fingerprint density at radius 3 is 2.57 bits per heavy atom. The highest BCUT2D eigenvalue weighted by molar-refractivity contribution is 6.67. The predicted molar refractivity (Wildman–Crippen MR) is 165 cm³/mol. The third kappa shape index (κ3) is 6.01. The van der Waals surface area contributed by atoms with E-state index in [4.69, 9.17) is 65.5 Å². The van der Waals surface area contributed by atoms with Gasteiger partial charge < -0.3 is 24.4 Å². The number of anilines is 1. The van der Waals surface area contributed by atoms with Gasteiger partial charge in [0.15, 0.2) is 18.4 Å². The van der Waals surface area contributed by atoms with E-state index in [2.05, 4.69) is 19.2 Å². The number of rotatable bonds is 5. The Morgan fingerprint density at radius 1 is 1.20 bits per heavy atom. The number of halogens is 4. The second kappa shape index (κ2) is 12.3. The Balaban J connectivity index is 1.46. The molecule has 1 aromatic carbocycles. The SMILES string of the molecule is CC1=C[C@@H]2[C@H](C(C)C)CC[C@@H](C)[C@]2(O)[C@@H](OC(=O)[C@@H]2C[C@@]3(O)c4cccc(Cl)c4N(C)O[C@H]3N2)[C@@H]1OC(=O)OCC(Cl)(Cl)Cl. The van der Waals surface area contributed by atoms with Crippen molar-refractivity contribution in [1.82, 2.24) is 5.32 Å². The molecular formula is C30H38Cl4N2O8. The molecule has 244 valence electrons. The van der Waals surface area contributed by atoms with Crippen LogP contribution in [-0.2, 0) is 29.4 Å². The number of esters is 1. The van der Waals surface area contributed by atoms with Crippen LogP contribution in [0.3, 0.4) is 0 Å². The van der Waals surface area contributed by atoms with Gasteiger partial charge >= 0.3 is 12.1 Å². The number of ether oxygens (including phenoxy) is 3. The van der Waals surface area contributed by atoms with E-state index in [1.165, 1.54) is 5.06 Å². The van der Waals surface area contributed by atoms with Gasteiger partial charge in [-0.05, 0) is 49.2 Å². The van der Waals surface area contributed by atoms with Crippen LogP contribution in [-0.4, -0.2) is 69.9 Å². The summed E-state index contributed by atoms with van der Waals surface area (Å²) >= 11 is 23.6. The van der Waals surface area contributed by atoms with Crippen LogP contribution < -0.4 is 10.4 Å². The number of carbonyl (C=O) groups excluding carboxylic acids is 2. The normalized spacial score (nSPS) is 36.6. The fourth-order valence-corrected chi connectivity index (χ4v) is 7.83. The summed E-state index contributed by atoms with van der Waals surface area (Å²) < 4.78 is 15.0. The van der Waals surface area contributed by atoms with Crippen LogP contribution in [0, 0.1) is 23.7 Å². The minimum Gasteiger partial charge on any atom is -0.454 e. The lowest BCUT2D eigenvalue weighted by molar-refractivity contribution is -0.221. The number of fused-ring (bicyclic) bond motifs is 4. The maximum absolute atomic E-state index is 13.9. The first-order chi connectivity index (χ1) is 20.5. The first kappa shape index (κ1) is 33.9. The van der Waals surface area contributed by atoms with Crippen molar-refractivity contribution in [3.05, 3.63) is 40.4 Å². The number of hydrogen-bond donors (Lipinski definition) is 3. The van der Waals surface area contributed by atoms with Crippen molar-refractivity contribution in [2.45, 2.75) is 86.4 Å². The van der Waals surface area contributed by atoms with Crippen molar-refractivity contribution in [3.63, 3.8) is 0 Å². The molecule has 44 heavy (non-hydrogen) atoms. The number of benzene rings is 1. The largest absolute Gasteiger partial charge is 0.509 e. The van der Waals surface area contributed by atoms with Crippen LogP contribution >= 0.6 is 46.4 Å². The van der Waals surface area contributed by atoms with Gasteiger partial charge in [-0.15, -0.1) is 0 Å². The molecule has 10 nitrogen and oxygen atoms in total. The highest BCUT2D eigenvalue weighted by Gasteiger charge is 2.62. The number of alkyl halides is 3. The molecule has 1 saturated heterocycles. The van der Waals surface area contributed by atoms with Crippen LogP contribution in [0.15, 0.2) is 29.8 Å². The molecule has 2 aliphatic carbocycles. The lowest BCUT2D eigenvalue weighted by Crippen LogP contribution is -2.66. The van der Waals surface area contributed by atoms with Crippen molar-refractivity contribution in [1.29, 1.82) is 0 Å². The van der Waals surface area contributed by atoms with E-state index in [9.17, 15) is 19.8 Å². The lowest BCUT2D eigenvalue weighted by atomic mass is 9.56. The molecule has 2 aliphatic heterocycles. The second-order valence-corrected chi connectivity index (χ2v) is 15.6. The van der Waals surface area contributed by atoms with E-state index in [-0.39, 0.29) is 30.1 Å². The summed E-state index contributed by atoms with van der Waals surface area (Å²) in [6.07, 6.45) is -1.26. The van der Waals surface area contributed by atoms with Crippen LogP contribution in [0.5, 0.6) is 0 Å². The Bertz CT molecular complexity index is 1320. The van der Waals surface area contributed by atoms with Crippen molar-refractivity contribution >= 4 is 64.2 Å². The van der Waals surface area contributed by atoms with Gasteiger partial charge in [0.25, 0.3) is 0 Å². The van der Waals surface area contributed by atoms with Crippen molar-refractivity contribution in [2.24, 2.45) is 23.7 Å². The van der Waals surface area contributed by atoms with E-state index < -0.39 is 58.2 Å². The Hall–Kier alpha value is -1.50. The molecule has 9 atom stereocenters. The third-order valence-electron chi connectivity index (χ3n) is 9.63. The summed E-state index contributed by atoms with van der Waals surface area (Å²) in [5, 5.41) is 29.2. The zero-order valence-electron chi connectivity index (χ0n) is 25.1. The van der Waals surface area contributed by atoms with E-state index in [1.54, 1.807) is 32.2 Å². The summed E-state index contributed by atoms with van der Waals surface area (Å²) in [6.45, 7) is 7.26. The molecule has 3 N–H and O–H groups in total. The number of para-hydroxylation sites is 1. The first-order valence-corrected chi connectivity index (χ1v) is 16.2. The molecule has 0 radical (unpaired) electrons. The monoisotopic (exact) mass is 694 g/mol. The maximum Gasteiger partial charge on any atom is 0.509 e. The van der Waals surface area contributed by atoms with Crippen LogP contribution in [0.2, 0.25) is 5.02 Å². The molecule has 0 amide bonds. The summed E-state index contributed by atoms with van der Waals surface area (Å²) in [7, 11) is 1.66. The molecule has 1 saturated carbocycles. The topological polar surface area (TPSA) is 127 Å². The van der Waals surface area contributed by atoms with Crippen molar-refractivity contribution in [3.8, 4) is 0 Å². The zero-order chi connectivity index (χ0) is 32.4. The minimum atomic E-state index is -1.86. The average molecular weight is 696 g/mol. The number of hydroxylamine groups is 1. The summed E-state index contributed by atoms with van der Waals surface area (Å²) in [5.74, 6) is -1.14. The number of nitrogens with zero attached hydrogens (tertiary/aromatic N) is 1. The molecule has 0 bridgehead atoms. The fourth-order valence-electron chi connectivity index (χ4n) is 7.37. The number of nitrogens with one attached hydrogen (secondary N) is 1. The molecule has 4 aliphatic rings. The molecule has 0 spiro atoms. The zero-order valence-corrected chi connectivity index (χ0v) is 28.1. The summed E-state index contributed by atoms with van der Waals surface area (Å²) in [6, 6.07) is 4.09. The van der Waals surface area contributed by atoms with Gasteiger partial charge in [0.05, 0.1) is 10.7 Å². The summed E-state index contributed by atoms with van der Waals surface area (Å²) in [5.41, 5.74) is -1.60. The molecule has 1 aromatic rings. The molecule has 0 unspecified atom stereocenters. The quantitative estimate of drug-likeness (QED) is 0.209. The standard InChI is InChI=1S/C30H38Cl4N2O8/c1-14(2)17-10-9-16(4)30(40)19(17)11-15(3)23(42-27(38)41-13-29(32,33)34)24(30)43-25(37)21-12-28(39)18-7-6-8-20(31)22(18)36(5)44-26(28)35-21/h6-8,11,14,16-17,19,21,23-24,26,35,39-40H,9-10,12-13H2,1-5H3/t16-,17+,19-,21+,23-,24+,26-,28-,30-/m1/s1. The third-order valence-corrected chi connectivity index (χ3v) is 10.3. The first-order valence-electron chi connectivity index (χ1n) is 14.7. The highest BCUT2D eigenvalue weighted by atomic mass is 35.6. The van der Waals surface area contributed by atoms with E-state index in [0.29, 0.717) is 28.3 Å². The molecule has 14 heteroatoms. The average Bonchev–Trinajstić information content (AvgIpc) is 3.28. The Labute approximate surface area is 276 Å². The second-order valence-electron chi connectivity index (χ2n) is 12.7. The van der Waals surface area contributed by atoms with Crippen molar-refractivity contribution < 1.29 is 38.9 Å². The fraction of sp³-hybridized carbons (Fsp3) is 0.667. The number of hydrogen-bond acceptors (Lipinski definition) is 10. The predicted octanol–water partition coefficient (Wildman–Crippen LogP) is 5.41. The minimum absolute atomic E-state index is 0.0861. The molecular weight excluding hydrogens is 658 g/mol. The lowest BCUT2D eigenvalue weighted by Gasteiger charge is -2.55. The smallest absolute Gasteiger partial charge is 0.454 e. The van der Waals surface area contributed by atoms with Crippen molar-refractivity contribution in [2.75, 3.05) is 18.7 Å². The molecule has 2 heterocycles. The van der Waals surface area contributed by atoms with Gasteiger partial charge in [-0.2, -0.15) is 0 Å². The number of aliphatic hydroxyl groups is 2. The Kier molecular flexibility index (Phi) is 9.44. The maximum atomic E-state index is 13.9. The Morgan fingerprint density at radius 2 is 1.91 bits per heavy atom. The van der Waals surface area contributed by atoms with Gasteiger partial charge in [0.2, 0.25) is 3.79 Å². The number of carbonyl (C=O) groups is 2. The summed E-state index contributed by atoms with van der Waals surface area (Å²) in [4.78, 5) is 32.6. The molecule has 2 fully saturated rings. The van der Waals surface area contributed by atoms with Gasteiger partial charge in [0, 0.05) is 24.9 Å². The van der Waals surface area contributed by atoms with Crippen LogP contribution in [0.4, 0.5) is 10.5 Å². The van der Waals surface area contributed by atoms with E-state index in [1.807, 2.05) is 13.0 Å². The van der Waals surface area contributed by atoms with E-state index >= 15 is 0 Å². The van der Waals surface area contributed by atoms with Gasteiger partial charge in [-0.1, -0.05) is 85.4 Å². The van der Waals surface area contributed by atoms with Crippen LogP contribution in [0.25, 0.3) is 0 Å². The molecule has 0 aromatic heterocycles. The van der Waals surface area contributed by atoms with Gasteiger partial charge in [0.1, 0.15) is 23.9 Å².